The molecule has 0 heterocycles. The zero-order valence-corrected chi connectivity index (χ0v) is 17.9. The average molecular weight is 425 g/mol. The van der Waals surface area contributed by atoms with Gasteiger partial charge in [0, 0.05) is 16.9 Å². The first kappa shape index (κ1) is 21.4. The van der Waals surface area contributed by atoms with Crippen molar-refractivity contribution in [2.75, 3.05) is 16.6 Å². The summed E-state index contributed by atoms with van der Waals surface area (Å²) in [5, 5.41) is 2.76. The number of hydrogen-bond acceptors (Lipinski definition) is 4. The highest BCUT2D eigenvalue weighted by Gasteiger charge is 2.15. The summed E-state index contributed by atoms with van der Waals surface area (Å²) in [6.07, 6.45) is 0. The Morgan fingerprint density at radius 1 is 0.900 bits per heavy atom. The van der Waals surface area contributed by atoms with Crippen molar-refractivity contribution in [3.8, 4) is 5.75 Å². The lowest BCUT2D eigenvalue weighted by molar-refractivity contribution is 0.102. The first-order valence-corrected chi connectivity index (χ1v) is 11.0. The molecule has 7 heteroatoms. The molecule has 0 saturated heterocycles. The van der Waals surface area contributed by atoms with Gasteiger partial charge < -0.3 is 10.1 Å². The van der Waals surface area contributed by atoms with Gasteiger partial charge in [0.15, 0.2) is 0 Å². The van der Waals surface area contributed by atoms with Crippen LogP contribution in [0.2, 0.25) is 0 Å². The summed E-state index contributed by atoms with van der Waals surface area (Å²) in [5.41, 5.74) is 3.54. The molecule has 2 N–H and O–H groups in total. The van der Waals surface area contributed by atoms with Crippen LogP contribution < -0.4 is 14.8 Å². The Balaban J connectivity index is 1.71. The molecule has 3 aromatic carbocycles. The fourth-order valence-electron chi connectivity index (χ4n) is 2.83. The van der Waals surface area contributed by atoms with Crippen LogP contribution in [0.25, 0.3) is 0 Å². The number of nitrogens with one attached hydrogen (secondary N) is 2. The molecule has 0 fully saturated rings. The van der Waals surface area contributed by atoms with Crippen LogP contribution in [-0.4, -0.2) is 20.9 Å². The van der Waals surface area contributed by atoms with Crippen LogP contribution in [0.4, 0.5) is 11.4 Å². The summed E-state index contributed by atoms with van der Waals surface area (Å²) in [5.74, 6) is 0.310. The van der Waals surface area contributed by atoms with E-state index in [2.05, 4.69) is 10.0 Å². The van der Waals surface area contributed by atoms with Gasteiger partial charge in [-0.25, -0.2) is 8.42 Å². The van der Waals surface area contributed by atoms with Crippen LogP contribution in [0, 0.1) is 13.8 Å². The summed E-state index contributed by atoms with van der Waals surface area (Å²) in [4.78, 5) is 12.6. The second-order valence-electron chi connectivity index (χ2n) is 6.84. The number of carbonyl (C=O) groups is 1. The van der Waals surface area contributed by atoms with E-state index in [0.717, 1.165) is 11.1 Å². The molecule has 0 aromatic heterocycles. The van der Waals surface area contributed by atoms with Crippen LogP contribution in [0.1, 0.15) is 28.4 Å². The topological polar surface area (TPSA) is 84.5 Å². The normalized spacial score (nSPS) is 11.0. The lowest BCUT2D eigenvalue weighted by Gasteiger charge is -2.11. The fraction of sp³-hybridized carbons (Fsp3) is 0.174. The summed E-state index contributed by atoms with van der Waals surface area (Å²) < 4.78 is 33.3. The molecule has 0 radical (unpaired) electrons. The van der Waals surface area contributed by atoms with Crippen LogP contribution in [0.15, 0.2) is 71.6 Å². The number of ether oxygens (including phenoxy) is 1. The molecule has 3 aromatic rings. The van der Waals surface area contributed by atoms with E-state index in [1.54, 1.807) is 48.5 Å². The van der Waals surface area contributed by atoms with Crippen molar-refractivity contribution in [3.05, 3.63) is 83.4 Å². The van der Waals surface area contributed by atoms with Crippen molar-refractivity contribution in [2.24, 2.45) is 0 Å². The van der Waals surface area contributed by atoms with E-state index in [1.165, 1.54) is 12.1 Å². The molecule has 0 saturated carbocycles. The summed E-state index contributed by atoms with van der Waals surface area (Å²) >= 11 is 0. The highest BCUT2D eigenvalue weighted by molar-refractivity contribution is 7.92. The number of benzene rings is 3. The predicted molar refractivity (Wildman–Crippen MR) is 119 cm³/mol. The molecule has 0 unspecified atom stereocenters. The van der Waals surface area contributed by atoms with E-state index in [-0.39, 0.29) is 10.8 Å². The predicted octanol–water partition coefficient (Wildman–Crippen LogP) is 4.76. The maximum Gasteiger partial charge on any atom is 0.261 e. The highest BCUT2D eigenvalue weighted by Crippen LogP contribution is 2.21. The first-order valence-electron chi connectivity index (χ1n) is 9.53. The maximum absolute atomic E-state index is 12.6. The summed E-state index contributed by atoms with van der Waals surface area (Å²) in [6.45, 7) is 6.27. The third-order valence-electron chi connectivity index (χ3n) is 4.59. The van der Waals surface area contributed by atoms with Gasteiger partial charge in [0.25, 0.3) is 15.9 Å². The second kappa shape index (κ2) is 9.00. The molecule has 3 rings (SSSR count). The quantitative estimate of drug-likeness (QED) is 0.573. The molecule has 1 amide bonds. The molecule has 0 aliphatic heterocycles. The Morgan fingerprint density at radius 2 is 1.60 bits per heavy atom. The summed E-state index contributed by atoms with van der Waals surface area (Å²) in [6, 6.07) is 18.3. The van der Waals surface area contributed by atoms with Gasteiger partial charge in [-0.15, -0.1) is 0 Å². The second-order valence-corrected chi connectivity index (χ2v) is 8.53. The minimum Gasteiger partial charge on any atom is -0.494 e. The third kappa shape index (κ3) is 5.18. The van der Waals surface area contributed by atoms with Crippen LogP contribution in [0.5, 0.6) is 5.75 Å². The highest BCUT2D eigenvalue weighted by atomic mass is 32.2. The van der Waals surface area contributed by atoms with Crippen LogP contribution in [0.3, 0.4) is 0 Å². The van der Waals surface area contributed by atoms with Gasteiger partial charge in [-0.2, -0.15) is 0 Å². The smallest absolute Gasteiger partial charge is 0.261 e. The maximum atomic E-state index is 12.6. The van der Waals surface area contributed by atoms with Crippen molar-refractivity contribution in [3.63, 3.8) is 0 Å². The standard InChI is InChI=1S/C23H24N2O4S/c1-4-29-21-7-5-6-18(15-21)23(26)24-19-10-12-22(13-11-19)30(27,28)25-20-9-8-16(2)17(3)14-20/h5-15,25H,4H2,1-3H3,(H,24,26). The zero-order valence-electron chi connectivity index (χ0n) is 17.1. The van der Waals surface area contributed by atoms with Gasteiger partial charge in [-0.1, -0.05) is 12.1 Å². The van der Waals surface area contributed by atoms with Crippen molar-refractivity contribution < 1.29 is 17.9 Å². The van der Waals surface area contributed by atoms with Gasteiger partial charge in [0.1, 0.15) is 5.75 Å². The SMILES string of the molecule is CCOc1cccc(C(=O)Nc2ccc(S(=O)(=O)Nc3ccc(C)c(C)c3)cc2)c1. The lowest BCUT2D eigenvalue weighted by atomic mass is 10.1. The fourth-order valence-corrected chi connectivity index (χ4v) is 3.88. The van der Waals surface area contributed by atoms with Crippen molar-refractivity contribution in [1.82, 2.24) is 0 Å². The average Bonchev–Trinajstić information content (AvgIpc) is 2.71. The number of rotatable bonds is 7. The largest absolute Gasteiger partial charge is 0.494 e. The Hall–Kier alpha value is -3.32. The summed E-state index contributed by atoms with van der Waals surface area (Å²) in [7, 11) is -3.73. The molecular formula is C23H24N2O4S. The van der Waals surface area contributed by atoms with Gasteiger partial charge in [-0.3, -0.25) is 9.52 Å². The Bertz CT molecular complexity index is 1160. The van der Waals surface area contributed by atoms with Crippen LogP contribution >= 0.6 is 0 Å². The zero-order chi connectivity index (χ0) is 21.7. The monoisotopic (exact) mass is 424 g/mol. The van der Waals surface area contributed by atoms with Crippen molar-refractivity contribution >= 4 is 27.3 Å². The van der Waals surface area contributed by atoms with Gasteiger partial charge >= 0.3 is 0 Å². The molecule has 0 bridgehead atoms. The molecule has 0 aliphatic carbocycles. The van der Waals surface area contributed by atoms with Gasteiger partial charge in [-0.05, 0) is 86.5 Å². The third-order valence-corrected chi connectivity index (χ3v) is 5.99. The van der Waals surface area contributed by atoms with Gasteiger partial charge in [0.2, 0.25) is 0 Å². The van der Waals surface area contributed by atoms with E-state index >= 15 is 0 Å². The number of carbonyl (C=O) groups excluding carboxylic acids is 1. The van der Waals surface area contributed by atoms with Crippen LogP contribution in [-0.2, 0) is 10.0 Å². The van der Waals surface area contributed by atoms with Crippen molar-refractivity contribution in [1.29, 1.82) is 0 Å². The molecular weight excluding hydrogens is 400 g/mol. The number of anilines is 2. The van der Waals surface area contributed by atoms with E-state index in [4.69, 9.17) is 4.74 Å². The Labute approximate surface area is 177 Å². The molecule has 0 aliphatic rings. The molecule has 0 atom stereocenters. The molecule has 156 valence electrons. The van der Waals surface area contributed by atoms with E-state index in [1.807, 2.05) is 26.8 Å². The van der Waals surface area contributed by atoms with Gasteiger partial charge in [0.05, 0.1) is 11.5 Å². The number of amides is 1. The molecule has 30 heavy (non-hydrogen) atoms. The minimum absolute atomic E-state index is 0.108. The number of sulfonamides is 1. The molecule has 0 spiro atoms. The lowest BCUT2D eigenvalue weighted by Crippen LogP contribution is -2.14. The Morgan fingerprint density at radius 3 is 2.27 bits per heavy atom. The number of hydrogen-bond donors (Lipinski definition) is 2. The molecule has 6 nitrogen and oxygen atoms in total. The van der Waals surface area contributed by atoms with E-state index < -0.39 is 10.0 Å². The Kier molecular flexibility index (Phi) is 6.42. The van der Waals surface area contributed by atoms with E-state index in [9.17, 15) is 13.2 Å². The van der Waals surface area contributed by atoms with Crippen molar-refractivity contribution in [2.45, 2.75) is 25.7 Å². The minimum atomic E-state index is -3.73. The first-order chi connectivity index (χ1) is 14.3. The number of aryl methyl sites for hydroxylation is 2. The van der Waals surface area contributed by atoms with E-state index in [0.29, 0.717) is 29.3 Å².